The molecule has 62 valence electrons. The molecule has 0 rings (SSSR count). The van der Waals surface area contributed by atoms with Crippen LogP contribution in [0.25, 0.3) is 0 Å². The number of rotatable bonds is 0. The second kappa shape index (κ2) is 7.42. The summed E-state index contributed by atoms with van der Waals surface area (Å²) in [6.45, 7) is 0. The van der Waals surface area contributed by atoms with E-state index in [0.717, 1.165) is 0 Å². The van der Waals surface area contributed by atoms with Crippen LogP contribution in [-0.2, 0) is 29.8 Å². The van der Waals surface area contributed by atoms with Gasteiger partial charge in [0, 0.05) is 11.0 Å². The predicted octanol–water partition coefficient (Wildman–Crippen LogP) is -1.80. The molecule has 0 heterocycles. The molecule has 0 unspecified atom stereocenters. The normalized spacial score (nSPS) is 9.20. The molecule has 0 aliphatic rings. The molecule has 3 N–H and O–H groups in total. The van der Waals surface area contributed by atoms with Crippen molar-refractivity contribution in [3.63, 3.8) is 0 Å². The second-order valence-corrected chi connectivity index (χ2v) is 1.99. The molecule has 0 aliphatic carbocycles. The Hall–Kier alpha value is 0.312. The van der Waals surface area contributed by atoms with E-state index in [-0.39, 0.29) is 17.4 Å². The summed E-state index contributed by atoms with van der Waals surface area (Å²) in [6.07, 6.45) is 0. The molecule has 0 amide bonds. The fraction of sp³-hybridized carbons (Fsp3) is 0. The Labute approximate surface area is 69.5 Å². The topological polar surface area (TPSA) is 129 Å². The van der Waals surface area contributed by atoms with Crippen molar-refractivity contribution in [3.05, 3.63) is 0 Å². The van der Waals surface area contributed by atoms with Crippen LogP contribution in [-0.4, -0.2) is 39.4 Å². The summed E-state index contributed by atoms with van der Waals surface area (Å²) in [5.41, 5.74) is 0. The van der Waals surface area contributed by atoms with Crippen LogP contribution in [0.3, 0.4) is 0 Å². The van der Waals surface area contributed by atoms with Crippen LogP contribution in [0.2, 0.25) is 0 Å². The first-order valence-electron chi connectivity index (χ1n) is 1.21. The van der Waals surface area contributed by atoms with Crippen molar-refractivity contribution in [3.8, 4) is 0 Å². The van der Waals surface area contributed by atoms with Crippen LogP contribution in [0.1, 0.15) is 0 Å². The van der Waals surface area contributed by atoms with E-state index in [4.69, 9.17) is 30.5 Å². The van der Waals surface area contributed by atoms with Crippen molar-refractivity contribution in [2.24, 2.45) is 0 Å². The van der Waals surface area contributed by atoms with E-state index in [1.54, 1.807) is 0 Å². The van der Waals surface area contributed by atoms with E-state index in [9.17, 15) is 0 Å². The van der Waals surface area contributed by atoms with Gasteiger partial charge in [0.2, 0.25) is 0 Å². The molecule has 0 atom stereocenters. The molecule has 0 fully saturated rings. The predicted molar refractivity (Wildman–Crippen MR) is 34.1 cm³/mol. The number of hydrogen-bond donors (Lipinski definition) is 3. The van der Waals surface area contributed by atoms with Crippen LogP contribution in [0.5, 0.6) is 0 Å². The van der Waals surface area contributed by atoms with Crippen molar-refractivity contribution in [1.29, 1.82) is 0 Å². The standard InChI is InChI=1S/Al.H2O4S.HO3S.2H/c;1-5(2,3)4;1-4(2)3;;/h;(H2,1,2,3,4);(H,1,2,3);;/q+1;;-1;;. The molecule has 10 heavy (non-hydrogen) atoms. The zero-order valence-corrected chi connectivity index (χ0v) is 8.42. The summed E-state index contributed by atoms with van der Waals surface area (Å²) in [7, 11) is -7.53. The molecule has 0 saturated heterocycles. The quantitative estimate of drug-likeness (QED) is 0.185. The van der Waals surface area contributed by atoms with E-state index < -0.39 is 21.4 Å². The third kappa shape index (κ3) is 4550. The van der Waals surface area contributed by atoms with Crippen molar-refractivity contribution in [2.45, 2.75) is 0 Å². The van der Waals surface area contributed by atoms with Gasteiger partial charge in [0.1, 0.15) is 0 Å². The minimum absolute atomic E-state index is 0. The van der Waals surface area contributed by atoms with E-state index in [1.807, 2.05) is 0 Å². The molecule has 0 aliphatic heterocycles. The summed E-state index contributed by atoms with van der Waals surface area (Å²) in [4.78, 5) is 0. The van der Waals surface area contributed by atoms with Gasteiger partial charge in [0.15, 0.2) is 0 Å². The molecular formula is H5AlO7S2. The number of hydrogen-bond acceptors (Lipinski definition) is 5. The van der Waals surface area contributed by atoms with Crippen molar-refractivity contribution >= 4 is 38.7 Å². The van der Waals surface area contributed by atoms with Crippen LogP contribution >= 0.6 is 0 Å². The summed E-state index contributed by atoms with van der Waals surface area (Å²) in [5.74, 6) is 0. The van der Waals surface area contributed by atoms with Gasteiger partial charge >= 0.3 is 27.8 Å². The van der Waals surface area contributed by atoms with E-state index in [1.165, 1.54) is 0 Å². The molecular weight excluding hydrogens is 203 g/mol. The van der Waals surface area contributed by atoms with E-state index in [2.05, 4.69) is 0 Å². The second-order valence-electron chi connectivity index (χ2n) is 0.665. The van der Waals surface area contributed by atoms with Crippen LogP contribution in [0.15, 0.2) is 0 Å². The van der Waals surface area contributed by atoms with Gasteiger partial charge in [-0.15, -0.1) is 0 Å². The van der Waals surface area contributed by atoms with Gasteiger partial charge in [-0.05, 0) is 0 Å². The van der Waals surface area contributed by atoms with Crippen molar-refractivity contribution in [1.82, 2.24) is 0 Å². The maximum absolute atomic E-state index is 8.74. The third-order valence-electron chi connectivity index (χ3n) is 0. The van der Waals surface area contributed by atoms with Gasteiger partial charge in [-0.3, -0.25) is 9.11 Å². The molecule has 0 aromatic carbocycles. The van der Waals surface area contributed by atoms with E-state index in [0.29, 0.717) is 0 Å². The molecule has 0 aromatic rings. The van der Waals surface area contributed by atoms with Gasteiger partial charge in [0.25, 0.3) is 0 Å². The first kappa shape index (κ1) is 16.7. The van der Waals surface area contributed by atoms with Gasteiger partial charge in [-0.25, -0.2) is 0 Å². The summed E-state index contributed by atoms with van der Waals surface area (Å²) < 4.78 is 55.7. The molecule has 0 saturated carbocycles. The third-order valence-corrected chi connectivity index (χ3v) is 0. The Kier molecular flexibility index (Phi) is 12.4. The Balaban J connectivity index is -0.0000000910. The zero-order chi connectivity index (χ0) is 8.08. The van der Waals surface area contributed by atoms with E-state index >= 15 is 0 Å². The summed E-state index contributed by atoms with van der Waals surface area (Å²) >= 11 is 0. The fourth-order valence-electron chi connectivity index (χ4n) is 0. The molecule has 0 spiro atoms. The zero-order valence-electron chi connectivity index (χ0n) is 4.79. The van der Waals surface area contributed by atoms with Crippen molar-refractivity contribution < 1.29 is 30.5 Å². The average molecular weight is 208 g/mol. The molecule has 0 aromatic heterocycles. The first-order chi connectivity index (χ1) is 3.73. The molecule has 0 bridgehead atoms. The van der Waals surface area contributed by atoms with Crippen LogP contribution < -0.4 is 0 Å². The Morgan fingerprint density at radius 3 is 1.10 bits per heavy atom. The minimum atomic E-state index is -4.67. The Morgan fingerprint density at radius 1 is 1.10 bits per heavy atom. The Bertz CT molecular complexity index is 192. The fourth-order valence-corrected chi connectivity index (χ4v) is 0. The van der Waals surface area contributed by atoms with Gasteiger partial charge in [-0.1, -0.05) is 0 Å². The summed E-state index contributed by atoms with van der Waals surface area (Å²) in [5, 5.41) is 0. The first-order valence-corrected chi connectivity index (χ1v) is 3.64. The van der Waals surface area contributed by atoms with Crippen LogP contribution in [0, 0.1) is 0 Å². The molecule has 10 heteroatoms. The average Bonchev–Trinajstić information content (AvgIpc) is 1.19. The SMILES string of the molecule is O=S(=O)(O)O.O=[S-](=O)O.[AlH2+]. The van der Waals surface area contributed by atoms with Crippen molar-refractivity contribution in [2.75, 3.05) is 0 Å². The van der Waals surface area contributed by atoms with Gasteiger partial charge in [0.05, 0.1) is 0 Å². The Morgan fingerprint density at radius 2 is 1.10 bits per heavy atom. The maximum atomic E-state index is 8.74. The van der Waals surface area contributed by atoms with Gasteiger partial charge in [-0.2, -0.15) is 8.42 Å². The van der Waals surface area contributed by atoms with Crippen LogP contribution in [0.4, 0.5) is 0 Å². The van der Waals surface area contributed by atoms with Gasteiger partial charge < -0.3 is 13.0 Å². The molecule has 7 nitrogen and oxygen atoms in total. The molecule has 0 radical (unpaired) electrons. The monoisotopic (exact) mass is 208 g/mol. The summed E-state index contributed by atoms with van der Waals surface area (Å²) in [6, 6.07) is 0.